The van der Waals surface area contributed by atoms with E-state index in [1.165, 1.54) is 30.5 Å². The molecule has 22 heavy (non-hydrogen) atoms. The third-order valence-corrected chi connectivity index (χ3v) is 2.71. The van der Waals surface area contributed by atoms with Gasteiger partial charge in [0.25, 0.3) is 5.69 Å². The van der Waals surface area contributed by atoms with E-state index in [2.05, 4.69) is 4.98 Å². The molecule has 0 bridgehead atoms. The molecule has 0 radical (unpaired) electrons. The summed E-state index contributed by atoms with van der Waals surface area (Å²) in [5.41, 5.74) is 5.67. The molecule has 2 rings (SSSR count). The summed E-state index contributed by atoms with van der Waals surface area (Å²) < 4.78 is 41.4. The molecule has 0 saturated heterocycles. The van der Waals surface area contributed by atoms with E-state index in [0.717, 1.165) is 6.20 Å². The van der Waals surface area contributed by atoms with Crippen molar-refractivity contribution >= 4 is 11.4 Å². The van der Waals surface area contributed by atoms with Gasteiger partial charge in [-0.15, -0.1) is 0 Å². The van der Waals surface area contributed by atoms with Crippen LogP contribution >= 0.6 is 0 Å². The van der Waals surface area contributed by atoms with Gasteiger partial charge in [-0.2, -0.15) is 13.2 Å². The van der Waals surface area contributed by atoms with Gasteiger partial charge in [-0.1, -0.05) is 6.07 Å². The number of ether oxygens (including phenoxy) is 1. The lowest BCUT2D eigenvalue weighted by molar-refractivity contribution is -0.383. The van der Waals surface area contributed by atoms with E-state index in [9.17, 15) is 23.3 Å². The smallest absolute Gasteiger partial charge is 0.422 e. The van der Waals surface area contributed by atoms with Crippen molar-refractivity contribution in [3.63, 3.8) is 0 Å². The number of hydrogen-bond donors (Lipinski definition) is 1. The Hall–Kier alpha value is -2.84. The number of aromatic nitrogens is 1. The molecule has 1 aromatic carbocycles. The average Bonchev–Trinajstić information content (AvgIpc) is 2.45. The summed E-state index contributed by atoms with van der Waals surface area (Å²) >= 11 is 0. The number of benzene rings is 1. The third kappa shape index (κ3) is 3.62. The molecular weight excluding hydrogens is 303 g/mol. The van der Waals surface area contributed by atoms with Crippen molar-refractivity contribution in [1.29, 1.82) is 0 Å². The fourth-order valence-electron chi connectivity index (χ4n) is 1.76. The first kappa shape index (κ1) is 15.5. The average molecular weight is 313 g/mol. The summed E-state index contributed by atoms with van der Waals surface area (Å²) in [6.45, 7) is -1.48. The highest BCUT2D eigenvalue weighted by molar-refractivity contribution is 5.75. The Kier molecular flexibility index (Phi) is 4.15. The molecule has 2 N–H and O–H groups in total. The molecule has 9 heteroatoms. The van der Waals surface area contributed by atoms with Crippen LogP contribution in [0.25, 0.3) is 11.1 Å². The van der Waals surface area contributed by atoms with E-state index >= 15 is 0 Å². The van der Waals surface area contributed by atoms with Crippen LogP contribution in [-0.4, -0.2) is 22.7 Å². The van der Waals surface area contributed by atoms with E-state index in [1.54, 1.807) is 0 Å². The van der Waals surface area contributed by atoms with Crippen LogP contribution in [0, 0.1) is 10.1 Å². The SMILES string of the molecule is Nc1ccc(-c2ccncc2OCC(F)(F)F)cc1[N+](=O)[O-]. The fourth-order valence-corrected chi connectivity index (χ4v) is 1.76. The van der Waals surface area contributed by atoms with Crippen molar-refractivity contribution in [3.8, 4) is 16.9 Å². The summed E-state index contributed by atoms with van der Waals surface area (Å²) in [4.78, 5) is 13.9. The lowest BCUT2D eigenvalue weighted by atomic mass is 10.0. The minimum atomic E-state index is -4.50. The molecule has 0 aliphatic carbocycles. The first-order chi connectivity index (χ1) is 10.3. The van der Waals surface area contributed by atoms with E-state index in [4.69, 9.17) is 10.5 Å². The molecule has 6 nitrogen and oxygen atoms in total. The number of nitrogen functional groups attached to an aromatic ring is 1. The van der Waals surface area contributed by atoms with E-state index in [0.29, 0.717) is 5.56 Å². The molecule has 2 aromatic rings. The van der Waals surface area contributed by atoms with Crippen molar-refractivity contribution in [3.05, 3.63) is 46.8 Å². The quantitative estimate of drug-likeness (QED) is 0.532. The summed E-state index contributed by atoms with van der Waals surface area (Å²) in [6.07, 6.45) is -2.04. The Morgan fingerprint density at radius 3 is 2.68 bits per heavy atom. The number of nitro benzene ring substituents is 1. The van der Waals surface area contributed by atoms with Gasteiger partial charge in [0.15, 0.2) is 6.61 Å². The number of hydrogen-bond acceptors (Lipinski definition) is 5. The molecule has 0 aliphatic heterocycles. The second-order valence-electron chi connectivity index (χ2n) is 4.31. The topological polar surface area (TPSA) is 91.3 Å². The van der Waals surface area contributed by atoms with Gasteiger partial charge < -0.3 is 10.5 Å². The Bertz CT molecular complexity index is 704. The second-order valence-corrected chi connectivity index (χ2v) is 4.31. The van der Waals surface area contributed by atoms with Gasteiger partial charge in [0.1, 0.15) is 11.4 Å². The molecule has 0 unspecified atom stereocenters. The molecule has 1 aromatic heterocycles. The zero-order valence-electron chi connectivity index (χ0n) is 11.0. The Morgan fingerprint density at radius 1 is 1.32 bits per heavy atom. The number of nitro groups is 1. The predicted octanol–water partition coefficient (Wildman–Crippen LogP) is 3.18. The van der Waals surface area contributed by atoms with E-state index in [1.807, 2.05) is 0 Å². The predicted molar refractivity (Wildman–Crippen MR) is 72.3 cm³/mol. The fraction of sp³-hybridized carbons (Fsp3) is 0.154. The van der Waals surface area contributed by atoms with Gasteiger partial charge in [0.05, 0.1) is 11.1 Å². The number of pyridine rings is 1. The minimum absolute atomic E-state index is 0.0411. The number of nitrogens with zero attached hydrogens (tertiary/aromatic N) is 2. The number of halogens is 3. The molecule has 0 amide bonds. The molecule has 0 aliphatic rings. The molecule has 0 spiro atoms. The second kappa shape index (κ2) is 5.88. The standard InChI is InChI=1S/C13H10F3N3O3/c14-13(15,16)7-22-12-6-18-4-3-9(12)8-1-2-10(17)11(5-8)19(20)21/h1-6H,7,17H2. The Labute approximate surface area is 122 Å². The molecule has 0 saturated carbocycles. The highest BCUT2D eigenvalue weighted by Gasteiger charge is 2.29. The highest BCUT2D eigenvalue weighted by Crippen LogP contribution is 2.34. The summed E-state index contributed by atoms with van der Waals surface area (Å²) in [5.74, 6) is -0.126. The maximum absolute atomic E-state index is 12.2. The summed E-state index contributed by atoms with van der Waals surface area (Å²) in [7, 11) is 0. The first-order valence-electron chi connectivity index (χ1n) is 5.96. The largest absolute Gasteiger partial charge is 0.482 e. The molecule has 1 heterocycles. The lowest BCUT2D eigenvalue weighted by Gasteiger charge is -2.12. The van der Waals surface area contributed by atoms with Gasteiger partial charge in [0, 0.05) is 17.8 Å². The van der Waals surface area contributed by atoms with Crippen molar-refractivity contribution in [2.75, 3.05) is 12.3 Å². The first-order valence-corrected chi connectivity index (χ1v) is 5.96. The van der Waals surface area contributed by atoms with Gasteiger partial charge in [-0.25, -0.2) is 0 Å². The van der Waals surface area contributed by atoms with Gasteiger partial charge in [0.2, 0.25) is 0 Å². The molecular formula is C13H10F3N3O3. The highest BCUT2D eigenvalue weighted by atomic mass is 19.4. The monoisotopic (exact) mass is 313 g/mol. The lowest BCUT2D eigenvalue weighted by Crippen LogP contribution is -2.19. The van der Waals surface area contributed by atoms with Crippen molar-refractivity contribution in [2.45, 2.75) is 6.18 Å². The van der Waals surface area contributed by atoms with Crippen molar-refractivity contribution in [2.24, 2.45) is 0 Å². The van der Waals surface area contributed by atoms with Gasteiger partial charge >= 0.3 is 6.18 Å². The summed E-state index contributed by atoms with van der Waals surface area (Å²) in [5, 5.41) is 10.9. The van der Waals surface area contributed by atoms with Crippen LogP contribution in [0.3, 0.4) is 0 Å². The molecule has 0 fully saturated rings. The van der Waals surface area contributed by atoms with Crippen molar-refractivity contribution < 1.29 is 22.8 Å². The zero-order chi connectivity index (χ0) is 16.3. The number of rotatable bonds is 4. The Balaban J connectivity index is 2.41. The Morgan fingerprint density at radius 2 is 2.05 bits per heavy atom. The van der Waals surface area contributed by atoms with Crippen molar-refractivity contribution in [1.82, 2.24) is 4.98 Å². The van der Waals surface area contributed by atoms with Crippen LogP contribution in [0.15, 0.2) is 36.7 Å². The van der Waals surface area contributed by atoms with E-state index < -0.39 is 17.7 Å². The van der Waals surface area contributed by atoms with Crippen LogP contribution in [0.1, 0.15) is 0 Å². The van der Waals surface area contributed by atoms with Crippen LogP contribution < -0.4 is 10.5 Å². The van der Waals surface area contributed by atoms with Gasteiger partial charge in [-0.3, -0.25) is 15.1 Å². The van der Waals surface area contributed by atoms with Gasteiger partial charge in [-0.05, 0) is 17.7 Å². The number of anilines is 1. The zero-order valence-corrected chi connectivity index (χ0v) is 11.0. The van der Waals surface area contributed by atoms with Crippen LogP contribution in [0.4, 0.5) is 24.5 Å². The summed E-state index contributed by atoms with van der Waals surface area (Å²) in [6, 6.07) is 5.34. The molecule has 116 valence electrons. The number of alkyl halides is 3. The molecule has 0 atom stereocenters. The minimum Gasteiger partial charge on any atom is -0.482 e. The number of nitrogens with two attached hydrogens (primary N) is 1. The van der Waals surface area contributed by atoms with Crippen LogP contribution in [0.5, 0.6) is 5.75 Å². The maximum Gasteiger partial charge on any atom is 0.422 e. The maximum atomic E-state index is 12.2. The third-order valence-electron chi connectivity index (χ3n) is 2.71. The van der Waals surface area contributed by atoms with Crippen LogP contribution in [-0.2, 0) is 0 Å². The van der Waals surface area contributed by atoms with Crippen LogP contribution in [0.2, 0.25) is 0 Å². The van der Waals surface area contributed by atoms with E-state index in [-0.39, 0.29) is 22.7 Å². The normalized spacial score (nSPS) is 11.2.